The fourth-order valence-electron chi connectivity index (χ4n) is 1.62. The number of carbonyl (C=O) groups is 3. The average molecular weight is 264 g/mol. The fourth-order valence-corrected chi connectivity index (χ4v) is 1.62. The summed E-state index contributed by atoms with van der Waals surface area (Å²) in [7, 11) is 0. The number of H-pyrrole nitrogens is 1. The van der Waals surface area contributed by atoms with Gasteiger partial charge in [-0.25, -0.2) is 9.59 Å². The van der Waals surface area contributed by atoms with Crippen molar-refractivity contribution in [3.63, 3.8) is 0 Å². The lowest BCUT2D eigenvalue weighted by Gasteiger charge is -2.07. The van der Waals surface area contributed by atoms with Gasteiger partial charge in [0.15, 0.2) is 0 Å². The van der Waals surface area contributed by atoms with Gasteiger partial charge >= 0.3 is 17.8 Å². The molecule has 0 aliphatic carbocycles. The van der Waals surface area contributed by atoms with Crippen LogP contribution in [-0.4, -0.2) is 27.9 Å². The highest BCUT2D eigenvalue weighted by molar-refractivity contribution is 6.37. The van der Waals surface area contributed by atoms with Crippen molar-refractivity contribution in [3.8, 4) is 0 Å². The van der Waals surface area contributed by atoms with Crippen LogP contribution in [0.15, 0.2) is 24.4 Å². The molecule has 1 aromatic carbocycles. The summed E-state index contributed by atoms with van der Waals surface area (Å²) in [4.78, 5) is 40.3. The van der Waals surface area contributed by atoms with E-state index in [1.807, 2.05) is 0 Å². The lowest BCUT2D eigenvalue weighted by Crippen LogP contribution is -2.53. The van der Waals surface area contributed by atoms with Gasteiger partial charge in [-0.05, 0) is 18.2 Å². The van der Waals surface area contributed by atoms with Crippen LogP contribution in [0.5, 0.6) is 0 Å². The molecular formula is C11H10N3O5+. The van der Waals surface area contributed by atoms with Crippen LogP contribution in [0.3, 0.4) is 0 Å². The zero-order valence-electron chi connectivity index (χ0n) is 9.60. The van der Waals surface area contributed by atoms with Crippen LogP contribution >= 0.6 is 0 Å². The topological polar surface area (TPSA) is 136 Å². The van der Waals surface area contributed by atoms with Gasteiger partial charge in [0.2, 0.25) is 0 Å². The molecule has 0 aliphatic heterocycles. The Morgan fingerprint density at radius 1 is 1.32 bits per heavy atom. The van der Waals surface area contributed by atoms with Crippen LogP contribution in [0.2, 0.25) is 0 Å². The number of hydrogen-bond acceptors (Lipinski definition) is 4. The van der Waals surface area contributed by atoms with Crippen molar-refractivity contribution in [2.75, 3.05) is 5.32 Å². The number of quaternary nitrogens is 1. The van der Waals surface area contributed by atoms with Gasteiger partial charge in [0.25, 0.3) is 0 Å². The Balaban J connectivity index is 2.45. The molecule has 8 nitrogen and oxygen atoms in total. The molecule has 19 heavy (non-hydrogen) atoms. The van der Waals surface area contributed by atoms with E-state index in [4.69, 9.17) is 5.11 Å². The van der Waals surface area contributed by atoms with E-state index in [0.717, 1.165) is 0 Å². The summed E-state index contributed by atoms with van der Waals surface area (Å²) in [6.45, 7) is 0. The van der Waals surface area contributed by atoms with E-state index in [9.17, 15) is 14.4 Å². The quantitative estimate of drug-likeness (QED) is 0.428. The summed E-state index contributed by atoms with van der Waals surface area (Å²) in [6, 6.07) is 4.50. The molecule has 1 aromatic heterocycles. The minimum absolute atomic E-state index is 0.00199. The molecule has 1 amide bonds. The van der Waals surface area contributed by atoms with Gasteiger partial charge in [-0.2, -0.15) is 5.90 Å². The summed E-state index contributed by atoms with van der Waals surface area (Å²) in [5.74, 6) is -0.706. The molecule has 0 aliphatic rings. The Bertz CT molecular complexity index is 676. The molecule has 0 atom stereocenters. The first-order valence-electron chi connectivity index (χ1n) is 5.14. The van der Waals surface area contributed by atoms with Crippen LogP contribution in [0.1, 0.15) is 10.4 Å². The number of fused-ring (bicyclic) bond motifs is 1. The number of carboxylic acids is 1. The Morgan fingerprint density at radius 3 is 2.68 bits per heavy atom. The van der Waals surface area contributed by atoms with Crippen molar-refractivity contribution in [2.24, 2.45) is 0 Å². The van der Waals surface area contributed by atoms with E-state index in [2.05, 4.69) is 21.0 Å². The number of aromatic carboxylic acids is 1. The highest BCUT2D eigenvalue weighted by Gasteiger charge is 2.20. The zero-order valence-corrected chi connectivity index (χ0v) is 9.60. The number of aromatic nitrogens is 1. The maximum atomic E-state index is 11.4. The average Bonchev–Trinajstić information content (AvgIpc) is 2.83. The normalized spacial score (nSPS) is 10.2. The first-order chi connectivity index (χ1) is 9.02. The van der Waals surface area contributed by atoms with Gasteiger partial charge in [0.1, 0.15) is 0 Å². The van der Waals surface area contributed by atoms with Crippen LogP contribution in [-0.2, 0) is 14.4 Å². The standard InChI is InChI=1S/C11H9N3O5/c12-19-11(18)9(15)14-8-4-7-5(1-2-13-7)3-6(8)10(16)17/h1-4H,12H3,(H2-,13,14,15,16,17,18)/p+1. The Hall–Kier alpha value is -2.87. The van der Waals surface area contributed by atoms with E-state index in [1.54, 1.807) is 12.3 Å². The van der Waals surface area contributed by atoms with Gasteiger partial charge in [0.05, 0.1) is 11.3 Å². The molecule has 0 fully saturated rings. The van der Waals surface area contributed by atoms with Gasteiger partial charge < -0.3 is 15.4 Å². The lowest BCUT2D eigenvalue weighted by atomic mass is 10.1. The molecule has 2 rings (SSSR count). The van der Waals surface area contributed by atoms with Crippen molar-refractivity contribution in [1.82, 2.24) is 4.98 Å². The largest absolute Gasteiger partial charge is 0.478 e. The van der Waals surface area contributed by atoms with Crippen molar-refractivity contribution in [1.29, 1.82) is 0 Å². The van der Waals surface area contributed by atoms with Crippen molar-refractivity contribution < 1.29 is 30.2 Å². The molecule has 8 heteroatoms. The van der Waals surface area contributed by atoms with E-state index in [1.165, 1.54) is 12.1 Å². The van der Waals surface area contributed by atoms with Crippen molar-refractivity contribution in [2.45, 2.75) is 0 Å². The molecule has 0 unspecified atom stereocenters. The predicted molar refractivity (Wildman–Crippen MR) is 62.9 cm³/mol. The Kier molecular flexibility index (Phi) is 3.17. The second-order valence-electron chi connectivity index (χ2n) is 3.65. The van der Waals surface area contributed by atoms with Gasteiger partial charge in [-0.1, -0.05) is 0 Å². The fraction of sp³-hybridized carbons (Fsp3) is 0. The molecule has 0 spiro atoms. The molecule has 0 radical (unpaired) electrons. The number of aromatic amines is 1. The minimum Gasteiger partial charge on any atom is -0.478 e. The highest BCUT2D eigenvalue weighted by atomic mass is 16.7. The molecule has 0 bridgehead atoms. The monoisotopic (exact) mass is 264 g/mol. The smallest absolute Gasteiger partial charge is 0.454 e. The van der Waals surface area contributed by atoms with Crippen LogP contribution < -0.4 is 11.2 Å². The van der Waals surface area contributed by atoms with E-state index >= 15 is 0 Å². The predicted octanol–water partition coefficient (Wildman–Crippen LogP) is -0.495. The molecule has 98 valence electrons. The van der Waals surface area contributed by atoms with Crippen LogP contribution in [0, 0.1) is 0 Å². The number of nitrogens with one attached hydrogen (secondary N) is 2. The molecular weight excluding hydrogens is 254 g/mol. The number of anilines is 1. The Labute approximate surface area is 106 Å². The van der Waals surface area contributed by atoms with Gasteiger partial charge in [-0.3, -0.25) is 9.63 Å². The number of carboxylic acid groups (broad SMARTS) is 1. The summed E-state index contributed by atoms with van der Waals surface area (Å²) in [5.41, 5.74) is 0.499. The minimum atomic E-state index is -1.22. The molecule has 1 heterocycles. The summed E-state index contributed by atoms with van der Waals surface area (Å²) < 4.78 is 0. The number of benzene rings is 1. The molecule has 6 N–H and O–H groups in total. The number of carbonyl (C=O) groups excluding carboxylic acids is 2. The second kappa shape index (κ2) is 4.78. The number of rotatable bonds is 2. The first-order valence-corrected chi connectivity index (χ1v) is 5.14. The summed E-state index contributed by atoms with van der Waals surface area (Å²) >= 11 is 0. The highest BCUT2D eigenvalue weighted by Crippen LogP contribution is 2.23. The number of amides is 1. The maximum Gasteiger partial charge on any atom is 0.454 e. The third-order valence-corrected chi connectivity index (χ3v) is 2.49. The first kappa shape index (κ1) is 12.6. The van der Waals surface area contributed by atoms with Crippen molar-refractivity contribution >= 4 is 34.4 Å². The van der Waals surface area contributed by atoms with Gasteiger partial charge in [-0.15, -0.1) is 0 Å². The summed E-state index contributed by atoms with van der Waals surface area (Å²) in [5, 5.41) is 11.9. The SMILES string of the molecule is [NH3+]OC(=O)C(=O)Nc1cc2[nH]ccc2cc1C(=O)O. The maximum absolute atomic E-state index is 11.4. The van der Waals surface area contributed by atoms with Crippen LogP contribution in [0.25, 0.3) is 10.9 Å². The third kappa shape index (κ3) is 2.38. The van der Waals surface area contributed by atoms with E-state index in [-0.39, 0.29) is 11.3 Å². The second-order valence-corrected chi connectivity index (χ2v) is 3.65. The van der Waals surface area contributed by atoms with E-state index < -0.39 is 17.8 Å². The zero-order chi connectivity index (χ0) is 14.0. The van der Waals surface area contributed by atoms with E-state index in [0.29, 0.717) is 10.9 Å². The van der Waals surface area contributed by atoms with Crippen LogP contribution in [0.4, 0.5) is 5.69 Å². The van der Waals surface area contributed by atoms with Gasteiger partial charge in [0, 0.05) is 17.1 Å². The number of hydrogen-bond donors (Lipinski definition) is 4. The molecule has 0 saturated heterocycles. The van der Waals surface area contributed by atoms with Crippen molar-refractivity contribution in [3.05, 3.63) is 30.0 Å². The third-order valence-electron chi connectivity index (χ3n) is 2.49. The molecule has 2 aromatic rings. The molecule has 0 saturated carbocycles. The lowest BCUT2D eigenvalue weighted by molar-refractivity contribution is -0.655. The summed E-state index contributed by atoms with van der Waals surface area (Å²) in [6.07, 6.45) is 1.63. The Morgan fingerprint density at radius 2 is 2.05 bits per heavy atom.